The number of furan rings is 1. The van der Waals surface area contributed by atoms with Gasteiger partial charge in [-0.1, -0.05) is 80.3 Å². The second-order valence-electron chi connectivity index (χ2n) is 8.51. The van der Waals surface area contributed by atoms with Gasteiger partial charge in [-0.2, -0.15) is 0 Å². The van der Waals surface area contributed by atoms with Gasteiger partial charge in [0.1, 0.15) is 11.2 Å². The summed E-state index contributed by atoms with van der Waals surface area (Å²) in [6.45, 7) is 0. The van der Waals surface area contributed by atoms with E-state index in [1.54, 1.807) is 24.4 Å². The maximum Gasteiger partial charge on any atom is 0.145 e. The number of fused-ring (bicyclic) bond motifs is 3. The number of benzene rings is 3. The van der Waals surface area contributed by atoms with E-state index >= 15 is 0 Å². The lowest BCUT2D eigenvalue weighted by Crippen LogP contribution is -1.99. The number of aromatic nitrogens is 1. The molecular formula is C30H27NO. The Morgan fingerprint density at radius 1 is 0.875 bits per heavy atom. The number of para-hydroxylation sites is 1. The molecule has 32 heavy (non-hydrogen) atoms. The SMILES string of the molecule is [2H]C([2H])(c1ccccc1)c1ccc(-c2cc(C([2H])([2H])C3CCCC3)ccn2)c2oc3ccccc3c12. The fourth-order valence-corrected chi connectivity index (χ4v) is 4.78. The first-order valence-electron chi connectivity index (χ1n) is 13.3. The first-order chi connectivity index (χ1) is 17.4. The van der Waals surface area contributed by atoms with Gasteiger partial charge in [-0.3, -0.25) is 4.98 Å². The average Bonchev–Trinajstić information content (AvgIpc) is 3.58. The predicted molar refractivity (Wildman–Crippen MR) is 132 cm³/mol. The lowest BCUT2D eigenvalue weighted by molar-refractivity contribution is 0.546. The second-order valence-corrected chi connectivity index (χ2v) is 8.51. The summed E-state index contributed by atoms with van der Waals surface area (Å²) in [4.78, 5) is 4.60. The third-order valence-electron chi connectivity index (χ3n) is 6.34. The first kappa shape index (κ1) is 15.4. The minimum atomic E-state index is -1.74. The number of pyridine rings is 1. The standard InChI is InChI=1S/C30H27NO/c1-2-8-22(9-3-1)19-24-14-15-25(30-29(24)26-12-6-7-13-28(26)32-30)27-20-23(16-17-31-27)18-21-10-4-5-11-21/h1-3,6-9,12-17,20-21H,4-5,10-11,18-19H2/i18D2,19D2. The normalized spacial score (nSPS) is 17.2. The third-order valence-corrected chi connectivity index (χ3v) is 6.34. The highest BCUT2D eigenvalue weighted by molar-refractivity contribution is 6.11. The lowest BCUT2D eigenvalue weighted by Gasteiger charge is -2.11. The molecule has 0 aliphatic heterocycles. The zero-order valence-corrected chi connectivity index (χ0v) is 17.8. The predicted octanol–water partition coefficient (Wildman–Crippen LogP) is 7.97. The zero-order chi connectivity index (χ0) is 24.9. The molecule has 1 aliphatic rings. The van der Waals surface area contributed by atoms with Gasteiger partial charge in [-0.05, 0) is 59.6 Å². The number of rotatable bonds is 5. The van der Waals surface area contributed by atoms with E-state index in [9.17, 15) is 0 Å². The largest absolute Gasteiger partial charge is 0.455 e. The summed E-state index contributed by atoms with van der Waals surface area (Å²) in [6.07, 6.45) is 2.47. The van der Waals surface area contributed by atoms with Gasteiger partial charge in [0, 0.05) is 28.0 Å². The average molecular weight is 422 g/mol. The first-order valence-corrected chi connectivity index (χ1v) is 11.3. The van der Waals surface area contributed by atoms with Crippen LogP contribution >= 0.6 is 0 Å². The lowest BCUT2D eigenvalue weighted by atomic mass is 9.95. The topological polar surface area (TPSA) is 26.0 Å². The van der Waals surface area contributed by atoms with Crippen molar-refractivity contribution in [2.24, 2.45) is 5.92 Å². The Labute approximate surface area is 194 Å². The van der Waals surface area contributed by atoms with Crippen LogP contribution in [0.2, 0.25) is 0 Å². The van der Waals surface area contributed by atoms with Crippen LogP contribution in [0.1, 0.15) is 47.9 Å². The van der Waals surface area contributed by atoms with E-state index in [0.717, 1.165) is 42.0 Å². The summed E-state index contributed by atoms with van der Waals surface area (Å²) in [5, 5.41) is 1.57. The van der Waals surface area contributed by atoms with Gasteiger partial charge < -0.3 is 4.42 Å². The minimum Gasteiger partial charge on any atom is -0.455 e. The second kappa shape index (κ2) is 8.27. The molecule has 0 saturated heterocycles. The van der Waals surface area contributed by atoms with Gasteiger partial charge in [0.15, 0.2) is 0 Å². The molecule has 2 heteroatoms. The van der Waals surface area contributed by atoms with Crippen LogP contribution in [0, 0.1) is 5.92 Å². The molecular weight excluding hydrogens is 390 g/mol. The van der Waals surface area contributed by atoms with Crippen LogP contribution < -0.4 is 0 Å². The molecule has 1 saturated carbocycles. The van der Waals surface area contributed by atoms with Crippen molar-refractivity contribution < 1.29 is 9.90 Å². The molecule has 2 heterocycles. The van der Waals surface area contributed by atoms with Crippen molar-refractivity contribution in [1.82, 2.24) is 4.98 Å². The molecule has 158 valence electrons. The van der Waals surface area contributed by atoms with Crippen LogP contribution in [-0.2, 0) is 12.7 Å². The molecule has 6 rings (SSSR count). The van der Waals surface area contributed by atoms with Gasteiger partial charge in [0.05, 0.1) is 5.69 Å². The summed E-state index contributed by atoms with van der Waals surface area (Å²) in [6, 6.07) is 24.2. The van der Waals surface area contributed by atoms with E-state index < -0.39 is 12.7 Å². The van der Waals surface area contributed by atoms with Crippen molar-refractivity contribution in [2.75, 3.05) is 0 Å². The Morgan fingerprint density at radius 3 is 2.56 bits per heavy atom. The molecule has 0 atom stereocenters. The van der Waals surface area contributed by atoms with Crippen LogP contribution in [0.3, 0.4) is 0 Å². The number of hydrogen-bond donors (Lipinski definition) is 0. The molecule has 0 bridgehead atoms. The molecule has 0 spiro atoms. The third kappa shape index (κ3) is 3.60. The Hall–Kier alpha value is -3.39. The van der Waals surface area contributed by atoms with E-state index in [-0.39, 0.29) is 5.92 Å². The quantitative estimate of drug-likeness (QED) is 0.287. The van der Waals surface area contributed by atoms with Crippen molar-refractivity contribution in [3.63, 3.8) is 0 Å². The van der Waals surface area contributed by atoms with Crippen molar-refractivity contribution in [2.45, 2.75) is 38.4 Å². The Kier molecular flexibility index (Phi) is 3.99. The van der Waals surface area contributed by atoms with Gasteiger partial charge in [0.25, 0.3) is 0 Å². The molecule has 2 aromatic heterocycles. The Bertz CT molecular complexity index is 1550. The molecule has 2 nitrogen and oxygen atoms in total. The molecule has 5 aromatic rings. The van der Waals surface area contributed by atoms with E-state index in [0.29, 0.717) is 33.6 Å². The molecule has 0 radical (unpaired) electrons. The van der Waals surface area contributed by atoms with Crippen molar-refractivity contribution in [1.29, 1.82) is 0 Å². The highest BCUT2D eigenvalue weighted by atomic mass is 16.3. The summed E-state index contributed by atoms with van der Waals surface area (Å²) in [5.74, 6) is 0.0134. The molecule has 0 N–H and O–H groups in total. The number of hydrogen-bond acceptors (Lipinski definition) is 2. The minimum absolute atomic E-state index is 0.0134. The number of nitrogens with zero attached hydrogens (tertiary/aromatic N) is 1. The molecule has 0 amide bonds. The fraction of sp³-hybridized carbons (Fsp3) is 0.233. The Balaban J connectivity index is 1.56. The van der Waals surface area contributed by atoms with Crippen molar-refractivity contribution in [3.8, 4) is 11.3 Å². The van der Waals surface area contributed by atoms with Gasteiger partial charge in [-0.15, -0.1) is 0 Å². The summed E-state index contributed by atoms with van der Waals surface area (Å²) in [5.41, 5.74) is 4.36. The van der Waals surface area contributed by atoms with E-state index in [1.807, 2.05) is 60.7 Å². The van der Waals surface area contributed by atoms with Crippen LogP contribution in [0.25, 0.3) is 33.2 Å². The summed E-state index contributed by atoms with van der Waals surface area (Å²) < 4.78 is 42.1. The van der Waals surface area contributed by atoms with Gasteiger partial charge in [-0.25, -0.2) is 0 Å². The van der Waals surface area contributed by atoms with Crippen LogP contribution in [0.15, 0.2) is 89.5 Å². The Morgan fingerprint density at radius 2 is 1.69 bits per heavy atom. The monoisotopic (exact) mass is 421 g/mol. The summed E-state index contributed by atoms with van der Waals surface area (Å²) >= 11 is 0. The van der Waals surface area contributed by atoms with Gasteiger partial charge in [0.2, 0.25) is 0 Å². The molecule has 1 fully saturated rings. The molecule has 1 aliphatic carbocycles. The van der Waals surface area contributed by atoms with E-state index in [1.165, 1.54) is 0 Å². The van der Waals surface area contributed by atoms with Crippen molar-refractivity contribution >= 4 is 21.9 Å². The fourth-order valence-electron chi connectivity index (χ4n) is 4.78. The highest BCUT2D eigenvalue weighted by Crippen LogP contribution is 2.38. The van der Waals surface area contributed by atoms with Gasteiger partial charge >= 0.3 is 0 Å². The molecule has 0 unspecified atom stereocenters. The maximum atomic E-state index is 9.05. The van der Waals surface area contributed by atoms with Crippen molar-refractivity contribution in [3.05, 3.63) is 102 Å². The van der Waals surface area contributed by atoms with Crippen LogP contribution in [-0.4, -0.2) is 4.98 Å². The van der Waals surface area contributed by atoms with E-state index in [2.05, 4.69) is 4.98 Å². The van der Waals surface area contributed by atoms with Crippen LogP contribution in [0.4, 0.5) is 0 Å². The summed E-state index contributed by atoms with van der Waals surface area (Å²) in [7, 11) is 0. The molecule has 3 aromatic carbocycles. The zero-order valence-electron chi connectivity index (χ0n) is 21.8. The highest BCUT2D eigenvalue weighted by Gasteiger charge is 2.19. The van der Waals surface area contributed by atoms with E-state index in [4.69, 9.17) is 9.90 Å². The van der Waals surface area contributed by atoms with Crippen LogP contribution in [0.5, 0.6) is 0 Å². The maximum absolute atomic E-state index is 9.05. The smallest absolute Gasteiger partial charge is 0.145 e.